The summed E-state index contributed by atoms with van der Waals surface area (Å²) in [6, 6.07) is 1.32. The standard InChI is InChI=1S/2C8H14N4O/c1-5(13)8-4-12(11-10-8)7-2-6(9)3-7;1-5(13)8-4-10-11-12(8)7-2-6(9)3-7/h2*4-7,13H,2-3,9H2,1H3/t2*5-,6?,7?/m11/s1. The third-order valence-corrected chi connectivity index (χ3v) is 5.01. The molecule has 10 nitrogen and oxygen atoms in total. The van der Waals surface area contributed by atoms with Crippen LogP contribution < -0.4 is 11.5 Å². The molecule has 0 aromatic carbocycles. The van der Waals surface area contributed by atoms with Crippen LogP contribution in [0.5, 0.6) is 0 Å². The van der Waals surface area contributed by atoms with E-state index in [0.29, 0.717) is 23.8 Å². The molecule has 144 valence electrons. The SMILES string of the molecule is C[C@@H](O)c1cn(C2CC(N)C2)nn1.C[C@@H](O)c1cnnn1C1CC(N)C1. The first-order chi connectivity index (χ1) is 12.3. The van der Waals surface area contributed by atoms with Gasteiger partial charge in [0.05, 0.1) is 42.4 Å². The number of rotatable bonds is 4. The normalized spacial score (nSPS) is 29.8. The van der Waals surface area contributed by atoms with Gasteiger partial charge in [0.2, 0.25) is 0 Å². The number of aliphatic hydroxyl groups excluding tert-OH is 2. The van der Waals surface area contributed by atoms with Crippen LogP contribution in [-0.2, 0) is 0 Å². The predicted octanol–water partition coefficient (Wildman–Crippen LogP) is -0.0128. The molecule has 2 aromatic rings. The van der Waals surface area contributed by atoms with E-state index >= 15 is 0 Å². The molecule has 26 heavy (non-hydrogen) atoms. The van der Waals surface area contributed by atoms with Crippen molar-refractivity contribution in [3.8, 4) is 0 Å². The Kier molecular flexibility index (Phi) is 5.66. The molecule has 2 saturated carbocycles. The van der Waals surface area contributed by atoms with E-state index in [-0.39, 0.29) is 6.04 Å². The highest BCUT2D eigenvalue weighted by Gasteiger charge is 2.30. The Hall–Kier alpha value is -1.88. The van der Waals surface area contributed by atoms with Crippen molar-refractivity contribution in [2.45, 2.75) is 75.9 Å². The fraction of sp³-hybridized carbons (Fsp3) is 0.750. The number of hydrogen-bond donors (Lipinski definition) is 4. The topological polar surface area (TPSA) is 154 Å². The molecule has 2 heterocycles. The summed E-state index contributed by atoms with van der Waals surface area (Å²) in [5.41, 5.74) is 12.7. The van der Waals surface area contributed by atoms with E-state index in [1.807, 2.05) is 0 Å². The minimum atomic E-state index is -0.539. The van der Waals surface area contributed by atoms with Gasteiger partial charge in [-0.2, -0.15) is 0 Å². The van der Waals surface area contributed by atoms with Crippen LogP contribution in [0.4, 0.5) is 0 Å². The highest BCUT2D eigenvalue weighted by Crippen LogP contribution is 2.32. The Bertz CT molecular complexity index is 701. The Labute approximate surface area is 152 Å². The van der Waals surface area contributed by atoms with Gasteiger partial charge >= 0.3 is 0 Å². The fourth-order valence-corrected chi connectivity index (χ4v) is 3.17. The monoisotopic (exact) mass is 364 g/mol. The van der Waals surface area contributed by atoms with Crippen LogP contribution >= 0.6 is 0 Å². The zero-order chi connectivity index (χ0) is 18.8. The molecule has 2 fully saturated rings. The molecule has 2 aliphatic rings. The summed E-state index contributed by atoms with van der Waals surface area (Å²) in [5.74, 6) is 0. The third kappa shape index (κ3) is 4.09. The molecule has 0 radical (unpaired) electrons. The second-order valence-corrected chi connectivity index (χ2v) is 7.35. The van der Waals surface area contributed by atoms with Crippen molar-refractivity contribution in [1.29, 1.82) is 0 Å². The van der Waals surface area contributed by atoms with E-state index < -0.39 is 12.2 Å². The number of aliphatic hydroxyl groups is 2. The number of aromatic nitrogens is 6. The van der Waals surface area contributed by atoms with Crippen LogP contribution in [0.1, 0.15) is 75.2 Å². The van der Waals surface area contributed by atoms with Gasteiger partial charge in [-0.25, -0.2) is 9.36 Å². The summed E-state index contributed by atoms with van der Waals surface area (Å²) in [5, 5.41) is 34.2. The molecule has 2 atom stereocenters. The molecule has 0 aliphatic heterocycles. The first-order valence-electron chi connectivity index (χ1n) is 9.04. The summed E-state index contributed by atoms with van der Waals surface area (Å²) < 4.78 is 3.58. The Morgan fingerprint density at radius 3 is 2.12 bits per heavy atom. The lowest BCUT2D eigenvalue weighted by Gasteiger charge is -2.33. The first kappa shape index (κ1) is 18.9. The molecular formula is C16H28N8O2. The molecule has 0 saturated heterocycles. The summed E-state index contributed by atoms with van der Waals surface area (Å²) in [6.45, 7) is 3.40. The third-order valence-electron chi connectivity index (χ3n) is 5.01. The molecular weight excluding hydrogens is 336 g/mol. The molecule has 0 bridgehead atoms. The fourth-order valence-electron chi connectivity index (χ4n) is 3.17. The average Bonchev–Trinajstić information content (AvgIpc) is 3.18. The van der Waals surface area contributed by atoms with Crippen LogP contribution in [0.2, 0.25) is 0 Å². The van der Waals surface area contributed by atoms with E-state index in [9.17, 15) is 10.2 Å². The van der Waals surface area contributed by atoms with Gasteiger partial charge < -0.3 is 21.7 Å². The van der Waals surface area contributed by atoms with Gasteiger partial charge in [-0.05, 0) is 39.5 Å². The van der Waals surface area contributed by atoms with Crippen LogP contribution in [0.3, 0.4) is 0 Å². The van der Waals surface area contributed by atoms with Crippen molar-refractivity contribution in [2.24, 2.45) is 11.5 Å². The zero-order valence-corrected chi connectivity index (χ0v) is 15.2. The van der Waals surface area contributed by atoms with Crippen molar-refractivity contribution in [3.05, 3.63) is 23.8 Å². The smallest absolute Gasteiger partial charge is 0.111 e. The quantitative estimate of drug-likeness (QED) is 0.590. The molecule has 0 spiro atoms. The molecule has 4 rings (SSSR count). The largest absolute Gasteiger partial charge is 0.387 e. The lowest BCUT2D eigenvalue weighted by Crippen LogP contribution is -2.38. The number of nitrogens with zero attached hydrogens (tertiary/aromatic N) is 6. The molecule has 2 aliphatic carbocycles. The highest BCUT2D eigenvalue weighted by atomic mass is 16.3. The van der Waals surface area contributed by atoms with E-state index in [1.165, 1.54) is 0 Å². The van der Waals surface area contributed by atoms with E-state index in [2.05, 4.69) is 20.6 Å². The maximum Gasteiger partial charge on any atom is 0.111 e. The zero-order valence-electron chi connectivity index (χ0n) is 15.2. The van der Waals surface area contributed by atoms with Gasteiger partial charge in [0, 0.05) is 12.1 Å². The van der Waals surface area contributed by atoms with Crippen molar-refractivity contribution < 1.29 is 10.2 Å². The lowest BCUT2D eigenvalue weighted by molar-refractivity contribution is 0.166. The minimum Gasteiger partial charge on any atom is -0.387 e. The molecule has 0 amide bonds. The second-order valence-electron chi connectivity index (χ2n) is 7.35. The summed E-state index contributed by atoms with van der Waals surface area (Å²) in [6.07, 6.45) is 6.14. The molecule has 2 aromatic heterocycles. The van der Waals surface area contributed by atoms with Gasteiger partial charge in [0.1, 0.15) is 5.69 Å². The van der Waals surface area contributed by atoms with Gasteiger partial charge in [-0.3, -0.25) is 0 Å². The minimum absolute atomic E-state index is 0.288. The van der Waals surface area contributed by atoms with Crippen LogP contribution in [0, 0.1) is 0 Å². The van der Waals surface area contributed by atoms with Crippen molar-refractivity contribution in [3.63, 3.8) is 0 Å². The second kappa shape index (κ2) is 7.78. The lowest BCUT2D eigenvalue weighted by atomic mass is 9.87. The molecule has 10 heteroatoms. The highest BCUT2D eigenvalue weighted by molar-refractivity contribution is 5.02. The van der Waals surface area contributed by atoms with Gasteiger partial charge in [-0.1, -0.05) is 10.4 Å². The maximum atomic E-state index is 9.40. The van der Waals surface area contributed by atoms with Gasteiger partial charge in [-0.15, -0.1) is 10.2 Å². The van der Waals surface area contributed by atoms with Crippen LogP contribution in [0.15, 0.2) is 12.4 Å². The Morgan fingerprint density at radius 1 is 1.00 bits per heavy atom. The number of nitrogens with two attached hydrogens (primary N) is 2. The number of hydrogen-bond acceptors (Lipinski definition) is 8. The summed E-state index contributed by atoms with van der Waals surface area (Å²) >= 11 is 0. The van der Waals surface area contributed by atoms with Crippen LogP contribution in [0.25, 0.3) is 0 Å². The first-order valence-corrected chi connectivity index (χ1v) is 9.04. The maximum absolute atomic E-state index is 9.40. The van der Waals surface area contributed by atoms with Gasteiger partial charge in [0.25, 0.3) is 0 Å². The molecule has 0 unspecified atom stereocenters. The molecule has 6 N–H and O–H groups in total. The Morgan fingerprint density at radius 2 is 1.62 bits per heavy atom. The van der Waals surface area contributed by atoms with Crippen LogP contribution in [-0.4, -0.2) is 52.3 Å². The summed E-state index contributed by atoms with van der Waals surface area (Å²) in [4.78, 5) is 0. The predicted molar refractivity (Wildman–Crippen MR) is 93.8 cm³/mol. The average molecular weight is 364 g/mol. The van der Waals surface area contributed by atoms with Crippen molar-refractivity contribution >= 4 is 0 Å². The van der Waals surface area contributed by atoms with Gasteiger partial charge in [0.15, 0.2) is 0 Å². The summed E-state index contributed by atoms with van der Waals surface area (Å²) in [7, 11) is 0. The van der Waals surface area contributed by atoms with Crippen molar-refractivity contribution in [1.82, 2.24) is 30.0 Å². The van der Waals surface area contributed by atoms with E-state index in [4.69, 9.17) is 11.5 Å². The Balaban J connectivity index is 0.000000151. The van der Waals surface area contributed by atoms with Crippen molar-refractivity contribution in [2.75, 3.05) is 0 Å². The van der Waals surface area contributed by atoms with E-state index in [0.717, 1.165) is 31.4 Å². The van der Waals surface area contributed by atoms with E-state index in [1.54, 1.807) is 35.6 Å².